The highest BCUT2D eigenvalue weighted by Gasteiger charge is 2.12. The number of anilines is 2. The van der Waals surface area contributed by atoms with Crippen LogP contribution in [0.3, 0.4) is 0 Å². The molecule has 3 aromatic carbocycles. The van der Waals surface area contributed by atoms with Gasteiger partial charge in [0, 0.05) is 11.3 Å². The molecular weight excluding hydrogens is 316 g/mol. The van der Waals surface area contributed by atoms with E-state index in [0.29, 0.717) is 0 Å². The van der Waals surface area contributed by atoms with Crippen molar-refractivity contribution in [1.29, 1.82) is 0 Å². The summed E-state index contributed by atoms with van der Waals surface area (Å²) in [5.74, 6) is 0.886. The molecule has 0 atom stereocenters. The minimum atomic E-state index is 0.886. The Morgan fingerprint density at radius 1 is 0.654 bits per heavy atom. The number of rotatable bonds is 4. The van der Waals surface area contributed by atoms with Crippen LogP contribution in [0, 0.1) is 6.92 Å². The molecule has 4 rings (SSSR count). The monoisotopic (exact) mass is 336 g/mol. The molecule has 1 aromatic heterocycles. The molecule has 1 N–H and O–H groups in total. The number of aromatic nitrogens is 1. The maximum Gasteiger partial charge on any atom is 0.134 e. The van der Waals surface area contributed by atoms with Gasteiger partial charge in [-0.1, -0.05) is 78.9 Å². The lowest BCUT2D eigenvalue weighted by molar-refractivity contribution is 1.26. The molecule has 126 valence electrons. The van der Waals surface area contributed by atoms with E-state index in [9.17, 15) is 0 Å². The molecule has 2 nitrogen and oxygen atoms in total. The van der Waals surface area contributed by atoms with E-state index >= 15 is 0 Å². The smallest absolute Gasteiger partial charge is 0.134 e. The fourth-order valence-corrected chi connectivity index (χ4v) is 3.06. The van der Waals surface area contributed by atoms with Crippen molar-refractivity contribution in [2.45, 2.75) is 6.92 Å². The highest BCUT2D eigenvalue weighted by Crippen LogP contribution is 2.33. The number of para-hydroxylation sites is 1. The Morgan fingerprint density at radius 3 is 1.81 bits per heavy atom. The Balaban J connectivity index is 1.87. The van der Waals surface area contributed by atoms with Crippen LogP contribution in [0.1, 0.15) is 5.56 Å². The molecule has 0 saturated carbocycles. The van der Waals surface area contributed by atoms with Gasteiger partial charge in [-0.25, -0.2) is 4.98 Å². The molecular formula is C24H20N2. The van der Waals surface area contributed by atoms with Crippen LogP contribution in [-0.2, 0) is 0 Å². The molecule has 26 heavy (non-hydrogen) atoms. The summed E-state index contributed by atoms with van der Waals surface area (Å²) in [6.45, 7) is 2.12. The number of hydrogen-bond acceptors (Lipinski definition) is 2. The predicted molar refractivity (Wildman–Crippen MR) is 110 cm³/mol. The van der Waals surface area contributed by atoms with Crippen molar-refractivity contribution in [3.8, 4) is 22.4 Å². The second-order valence-electron chi connectivity index (χ2n) is 6.25. The molecule has 0 unspecified atom stereocenters. The molecule has 0 aliphatic carbocycles. The third kappa shape index (κ3) is 3.35. The average Bonchev–Trinajstić information content (AvgIpc) is 2.71. The van der Waals surface area contributed by atoms with Gasteiger partial charge >= 0.3 is 0 Å². The third-order valence-electron chi connectivity index (χ3n) is 4.46. The SMILES string of the molecule is Cc1c(-c2ccccc2)cc(-c2ccccc2)nc1Nc1ccccc1. The first-order chi connectivity index (χ1) is 12.8. The lowest BCUT2D eigenvalue weighted by Gasteiger charge is -2.15. The summed E-state index contributed by atoms with van der Waals surface area (Å²) < 4.78 is 0. The Bertz CT molecular complexity index is 994. The summed E-state index contributed by atoms with van der Waals surface area (Å²) in [6.07, 6.45) is 0. The summed E-state index contributed by atoms with van der Waals surface area (Å²) >= 11 is 0. The number of nitrogens with zero attached hydrogens (tertiary/aromatic N) is 1. The highest BCUT2D eigenvalue weighted by atomic mass is 15.0. The zero-order valence-corrected chi connectivity index (χ0v) is 14.7. The van der Waals surface area contributed by atoms with Crippen LogP contribution in [0.4, 0.5) is 11.5 Å². The molecule has 0 radical (unpaired) electrons. The maximum absolute atomic E-state index is 4.91. The van der Waals surface area contributed by atoms with E-state index in [2.05, 4.69) is 66.8 Å². The van der Waals surface area contributed by atoms with Crippen molar-refractivity contribution in [3.05, 3.63) is 103 Å². The second-order valence-corrected chi connectivity index (χ2v) is 6.25. The zero-order chi connectivity index (χ0) is 17.8. The topological polar surface area (TPSA) is 24.9 Å². The molecule has 0 aliphatic heterocycles. The minimum absolute atomic E-state index is 0.886. The summed E-state index contributed by atoms with van der Waals surface area (Å²) in [6, 6.07) is 33.1. The Hall–Kier alpha value is -3.39. The quantitative estimate of drug-likeness (QED) is 0.462. The molecule has 0 saturated heterocycles. The number of pyridine rings is 1. The van der Waals surface area contributed by atoms with E-state index in [1.807, 2.05) is 42.5 Å². The largest absolute Gasteiger partial charge is 0.340 e. The molecule has 0 spiro atoms. The van der Waals surface area contributed by atoms with Gasteiger partial charge in [-0.3, -0.25) is 0 Å². The van der Waals surface area contributed by atoms with Crippen LogP contribution in [0.15, 0.2) is 97.1 Å². The van der Waals surface area contributed by atoms with Gasteiger partial charge in [-0.05, 0) is 41.8 Å². The van der Waals surface area contributed by atoms with Gasteiger partial charge < -0.3 is 5.32 Å². The molecule has 0 bridgehead atoms. The minimum Gasteiger partial charge on any atom is -0.340 e. The number of hydrogen-bond donors (Lipinski definition) is 1. The van der Waals surface area contributed by atoms with E-state index in [0.717, 1.165) is 28.3 Å². The van der Waals surface area contributed by atoms with Crippen molar-refractivity contribution in [2.24, 2.45) is 0 Å². The summed E-state index contributed by atoms with van der Waals surface area (Å²) in [7, 11) is 0. The average molecular weight is 336 g/mol. The molecule has 0 fully saturated rings. The third-order valence-corrected chi connectivity index (χ3v) is 4.46. The molecule has 4 aromatic rings. The Morgan fingerprint density at radius 2 is 1.19 bits per heavy atom. The van der Waals surface area contributed by atoms with E-state index in [-0.39, 0.29) is 0 Å². The first-order valence-corrected chi connectivity index (χ1v) is 8.76. The predicted octanol–water partition coefficient (Wildman–Crippen LogP) is 6.47. The highest BCUT2D eigenvalue weighted by molar-refractivity contribution is 5.79. The van der Waals surface area contributed by atoms with E-state index in [1.165, 1.54) is 11.1 Å². The van der Waals surface area contributed by atoms with E-state index < -0.39 is 0 Å². The molecule has 1 heterocycles. The van der Waals surface area contributed by atoms with Gasteiger partial charge in [0.25, 0.3) is 0 Å². The standard InChI is InChI=1S/C24H20N2/c1-18-22(19-11-5-2-6-12-19)17-23(20-13-7-3-8-14-20)26-24(18)25-21-15-9-4-10-16-21/h2-17H,1H3,(H,25,26). The Kier molecular flexibility index (Phi) is 4.48. The van der Waals surface area contributed by atoms with E-state index in [1.54, 1.807) is 0 Å². The van der Waals surface area contributed by atoms with Crippen molar-refractivity contribution >= 4 is 11.5 Å². The van der Waals surface area contributed by atoms with Gasteiger partial charge in [-0.2, -0.15) is 0 Å². The number of benzene rings is 3. The summed E-state index contributed by atoms with van der Waals surface area (Å²) in [5.41, 5.74) is 6.64. The second kappa shape index (κ2) is 7.24. The van der Waals surface area contributed by atoms with Crippen LogP contribution in [0.2, 0.25) is 0 Å². The van der Waals surface area contributed by atoms with Crippen molar-refractivity contribution in [3.63, 3.8) is 0 Å². The van der Waals surface area contributed by atoms with Crippen LogP contribution < -0.4 is 5.32 Å². The van der Waals surface area contributed by atoms with Gasteiger partial charge in [0.2, 0.25) is 0 Å². The fourth-order valence-electron chi connectivity index (χ4n) is 3.06. The van der Waals surface area contributed by atoms with Gasteiger partial charge in [0.05, 0.1) is 5.69 Å². The van der Waals surface area contributed by atoms with Crippen molar-refractivity contribution in [2.75, 3.05) is 5.32 Å². The van der Waals surface area contributed by atoms with Crippen LogP contribution >= 0.6 is 0 Å². The van der Waals surface area contributed by atoms with Crippen molar-refractivity contribution in [1.82, 2.24) is 4.98 Å². The summed E-state index contributed by atoms with van der Waals surface area (Å²) in [5, 5.41) is 3.48. The lowest BCUT2D eigenvalue weighted by Crippen LogP contribution is -2.00. The first-order valence-electron chi connectivity index (χ1n) is 8.76. The van der Waals surface area contributed by atoms with Gasteiger partial charge in [0.1, 0.15) is 5.82 Å². The van der Waals surface area contributed by atoms with Gasteiger partial charge in [-0.15, -0.1) is 0 Å². The fraction of sp³-hybridized carbons (Fsp3) is 0.0417. The van der Waals surface area contributed by atoms with E-state index in [4.69, 9.17) is 4.98 Å². The molecule has 0 amide bonds. The summed E-state index contributed by atoms with van der Waals surface area (Å²) in [4.78, 5) is 4.91. The first kappa shape index (κ1) is 16.1. The van der Waals surface area contributed by atoms with Crippen LogP contribution in [-0.4, -0.2) is 4.98 Å². The normalized spacial score (nSPS) is 10.5. The van der Waals surface area contributed by atoms with Gasteiger partial charge in [0.15, 0.2) is 0 Å². The zero-order valence-electron chi connectivity index (χ0n) is 14.7. The van der Waals surface area contributed by atoms with Crippen LogP contribution in [0.5, 0.6) is 0 Å². The van der Waals surface area contributed by atoms with Crippen molar-refractivity contribution < 1.29 is 0 Å². The maximum atomic E-state index is 4.91. The van der Waals surface area contributed by atoms with Crippen LogP contribution in [0.25, 0.3) is 22.4 Å². The molecule has 0 aliphatic rings. The molecule has 2 heteroatoms. The number of nitrogens with one attached hydrogen (secondary N) is 1. The Labute approximate surface area is 154 Å². The lowest BCUT2D eigenvalue weighted by atomic mass is 9.98.